The van der Waals surface area contributed by atoms with Gasteiger partial charge in [-0.15, -0.1) is 0 Å². The Morgan fingerprint density at radius 2 is 2.03 bits per heavy atom. The van der Waals surface area contributed by atoms with Crippen LogP contribution in [0.3, 0.4) is 0 Å². The fraction of sp³-hybridized carbons (Fsp3) is 0.455. The first-order valence-electron chi connectivity index (χ1n) is 10.2. The highest BCUT2D eigenvalue weighted by molar-refractivity contribution is 6.24. The third-order valence-corrected chi connectivity index (χ3v) is 5.74. The van der Waals surface area contributed by atoms with Crippen molar-refractivity contribution < 1.29 is 23.6 Å². The number of hydrogen-bond donors (Lipinski definition) is 0. The maximum atomic E-state index is 13.4. The molecule has 1 saturated heterocycles. The SMILES string of the molecule is C=C(C)CN1C(=O)C2C(=NC3=[N+]2CC(C)CN3c2ccc(OC)cc2OC)N(C)C1=O. The van der Waals surface area contributed by atoms with E-state index in [-0.39, 0.29) is 24.4 Å². The Labute approximate surface area is 181 Å². The number of urea groups is 1. The number of aliphatic imine (C=N–C) groups is 1. The summed E-state index contributed by atoms with van der Waals surface area (Å²) in [4.78, 5) is 35.7. The standard InChI is InChI=1S/C22H28N5O4/c1-13(2)10-27-20(28)18-19(24(4)22(27)29)23-21-25(11-14(3)12-26(18)21)16-8-7-15(30-5)9-17(16)31-6/h7-9,14,18H,1,10-12H2,2-6H3/q+1. The van der Waals surface area contributed by atoms with Crippen molar-refractivity contribution in [1.29, 1.82) is 0 Å². The molecule has 1 aromatic rings. The number of anilines is 1. The van der Waals surface area contributed by atoms with E-state index in [2.05, 4.69) is 13.5 Å². The Bertz CT molecular complexity index is 1030. The first-order chi connectivity index (χ1) is 14.8. The number of nitrogens with zero attached hydrogens (tertiary/aromatic N) is 5. The fourth-order valence-electron chi connectivity index (χ4n) is 4.32. The van der Waals surface area contributed by atoms with Crippen LogP contribution < -0.4 is 14.4 Å². The smallest absolute Gasteiger partial charge is 0.397 e. The lowest BCUT2D eigenvalue weighted by Gasteiger charge is -2.35. The monoisotopic (exact) mass is 426 g/mol. The molecule has 0 spiro atoms. The molecule has 9 nitrogen and oxygen atoms in total. The van der Waals surface area contributed by atoms with E-state index < -0.39 is 6.04 Å². The van der Waals surface area contributed by atoms with Gasteiger partial charge in [0, 0.05) is 19.0 Å². The summed E-state index contributed by atoms with van der Waals surface area (Å²) >= 11 is 0. The predicted molar refractivity (Wildman–Crippen MR) is 117 cm³/mol. The summed E-state index contributed by atoms with van der Waals surface area (Å²) in [6.45, 7) is 9.36. The van der Waals surface area contributed by atoms with Gasteiger partial charge in [0.25, 0.3) is 5.91 Å². The molecule has 4 rings (SSSR count). The van der Waals surface area contributed by atoms with E-state index >= 15 is 0 Å². The maximum Gasteiger partial charge on any atom is 0.397 e. The number of carbonyl (C=O) groups is 2. The van der Waals surface area contributed by atoms with Crippen molar-refractivity contribution in [3.8, 4) is 11.5 Å². The van der Waals surface area contributed by atoms with Gasteiger partial charge >= 0.3 is 12.0 Å². The highest BCUT2D eigenvalue weighted by Gasteiger charge is 2.55. The largest absolute Gasteiger partial charge is 0.497 e. The highest BCUT2D eigenvalue weighted by atomic mass is 16.5. The molecule has 0 saturated carbocycles. The van der Waals surface area contributed by atoms with E-state index in [0.717, 1.165) is 11.3 Å². The zero-order chi connectivity index (χ0) is 22.4. The van der Waals surface area contributed by atoms with Crippen LogP contribution in [-0.4, -0.2) is 85.1 Å². The van der Waals surface area contributed by atoms with Crippen molar-refractivity contribution in [3.05, 3.63) is 30.4 Å². The van der Waals surface area contributed by atoms with Gasteiger partial charge in [0.15, 0.2) is 5.75 Å². The number of amides is 3. The number of likely N-dealkylation sites (N-methyl/N-ethyl adjacent to an activating group) is 1. The quantitative estimate of drug-likeness (QED) is 0.530. The number of carbonyl (C=O) groups excluding carboxylic acids is 2. The summed E-state index contributed by atoms with van der Waals surface area (Å²) in [7, 11) is 4.88. The molecule has 0 aliphatic carbocycles. The van der Waals surface area contributed by atoms with Gasteiger partial charge in [-0.25, -0.2) is 14.3 Å². The minimum Gasteiger partial charge on any atom is -0.497 e. The molecule has 164 valence electrons. The lowest BCUT2D eigenvalue weighted by atomic mass is 10.1. The van der Waals surface area contributed by atoms with Gasteiger partial charge in [-0.1, -0.05) is 24.1 Å². The van der Waals surface area contributed by atoms with Crippen LogP contribution in [0.4, 0.5) is 10.5 Å². The van der Waals surface area contributed by atoms with Crippen LogP contribution in [0.1, 0.15) is 13.8 Å². The third-order valence-electron chi connectivity index (χ3n) is 5.74. The predicted octanol–water partition coefficient (Wildman–Crippen LogP) is 1.78. The molecule has 2 unspecified atom stereocenters. The van der Waals surface area contributed by atoms with E-state index in [1.807, 2.05) is 27.7 Å². The molecule has 31 heavy (non-hydrogen) atoms. The summed E-state index contributed by atoms with van der Waals surface area (Å²) in [6.07, 6.45) is 0. The molecule has 0 N–H and O–H groups in total. The number of imide groups is 1. The molecule has 9 heteroatoms. The lowest BCUT2D eigenvalue weighted by Crippen LogP contribution is -2.63. The first-order valence-corrected chi connectivity index (χ1v) is 10.2. The normalized spacial score (nSPS) is 23.0. The minimum absolute atomic E-state index is 0.195. The van der Waals surface area contributed by atoms with Crippen LogP contribution in [0.25, 0.3) is 0 Å². The molecule has 1 fully saturated rings. The van der Waals surface area contributed by atoms with Crippen molar-refractivity contribution in [2.75, 3.05) is 45.8 Å². The molecule has 1 aromatic carbocycles. The van der Waals surface area contributed by atoms with E-state index in [1.54, 1.807) is 28.2 Å². The number of fused-ring (bicyclic) bond motifs is 2. The topological polar surface area (TPSA) is 77.7 Å². The zero-order valence-corrected chi connectivity index (χ0v) is 18.6. The second-order valence-corrected chi connectivity index (χ2v) is 8.30. The van der Waals surface area contributed by atoms with E-state index in [1.165, 1.54) is 9.80 Å². The Balaban J connectivity index is 1.80. The molecule has 3 aliphatic rings. The number of rotatable bonds is 5. The van der Waals surface area contributed by atoms with Crippen molar-refractivity contribution in [2.24, 2.45) is 10.9 Å². The van der Waals surface area contributed by atoms with Gasteiger partial charge in [-0.2, -0.15) is 0 Å². The molecule has 2 atom stereocenters. The van der Waals surface area contributed by atoms with Gasteiger partial charge < -0.3 is 9.47 Å². The van der Waals surface area contributed by atoms with Gasteiger partial charge in [-0.3, -0.25) is 14.6 Å². The highest BCUT2D eigenvalue weighted by Crippen LogP contribution is 2.36. The maximum absolute atomic E-state index is 13.4. The lowest BCUT2D eigenvalue weighted by molar-refractivity contribution is -0.545. The Morgan fingerprint density at radius 1 is 1.29 bits per heavy atom. The molecular formula is C22H28N5O4+. The summed E-state index contributed by atoms with van der Waals surface area (Å²) < 4.78 is 12.9. The molecule has 0 radical (unpaired) electrons. The number of benzene rings is 1. The van der Waals surface area contributed by atoms with E-state index in [4.69, 9.17) is 14.5 Å². The van der Waals surface area contributed by atoms with Gasteiger partial charge in [0.1, 0.15) is 11.4 Å². The number of ether oxygens (including phenoxy) is 2. The molecule has 3 aliphatic heterocycles. The summed E-state index contributed by atoms with van der Waals surface area (Å²) in [5, 5.41) is 0. The van der Waals surface area contributed by atoms with Crippen LogP contribution in [0.2, 0.25) is 0 Å². The summed E-state index contributed by atoms with van der Waals surface area (Å²) in [5.41, 5.74) is 1.58. The van der Waals surface area contributed by atoms with Crippen LogP contribution >= 0.6 is 0 Å². The minimum atomic E-state index is -0.633. The van der Waals surface area contributed by atoms with Crippen molar-refractivity contribution >= 4 is 29.4 Å². The third kappa shape index (κ3) is 3.34. The zero-order valence-electron chi connectivity index (χ0n) is 18.6. The van der Waals surface area contributed by atoms with E-state index in [9.17, 15) is 9.59 Å². The molecule has 3 amide bonds. The molecular weight excluding hydrogens is 398 g/mol. The fourth-order valence-corrected chi connectivity index (χ4v) is 4.32. The van der Waals surface area contributed by atoms with Gasteiger partial charge in [0.05, 0.1) is 33.9 Å². The average Bonchev–Trinajstić information content (AvgIpc) is 3.13. The van der Waals surface area contributed by atoms with Crippen molar-refractivity contribution in [2.45, 2.75) is 19.9 Å². The molecule has 0 bridgehead atoms. The number of amidine groups is 1. The molecule has 3 heterocycles. The van der Waals surface area contributed by atoms with Crippen LogP contribution in [0.5, 0.6) is 11.5 Å². The van der Waals surface area contributed by atoms with Crippen LogP contribution in [0, 0.1) is 5.92 Å². The Kier molecular flexibility index (Phi) is 5.20. The first kappa shape index (κ1) is 20.9. The average molecular weight is 426 g/mol. The number of guanidine groups is 1. The molecule has 0 aromatic heterocycles. The second-order valence-electron chi connectivity index (χ2n) is 8.30. The second kappa shape index (κ2) is 7.72. The van der Waals surface area contributed by atoms with Gasteiger partial charge in [-0.05, 0) is 19.1 Å². The van der Waals surface area contributed by atoms with Crippen LogP contribution in [-0.2, 0) is 4.79 Å². The van der Waals surface area contributed by atoms with Crippen LogP contribution in [0.15, 0.2) is 35.3 Å². The van der Waals surface area contributed by atoms with Gasteiger partial charge in [0.2, 0.25) is 11.9 Å². The van der Waals surface area contributed by atoms with Crippen molar-refractivity contribution in [3.63, 3.8) is 0 Å². The van der Waals surface area contributed by atoms with E-state index in [0.29, 0.717) is 36.4 Å². The number of hydrogen-bond acceptors (Lipinski definition) is 6. The Morgan fingerprint density at radius 3 is 2.68 bits per heavy atom. The number of methoxy groups -OCH3 is 2. The van der Waals surface area contributed by atoms with Crippen molar-refractivity contribution in [1.82, 2.24) is 9.80 Å². The summed E-state index contributed by atoms with van der Waals surface area (Å²) in [5.74, 6) is 2.43. The summed E-state index contributed by atoms with van der Waals surface area (Å²) in [6, 6.07) is 4.60. The Hall–Kier alpha value is -3.36.